The molecule has 0 spiro atoms. The van der Waals surface area contributed by atoms with Crippen LogP contribution in [0.5, 0.6) is 0 Å². The quantitative estimate of drug-likeness (QED) is 0.0377. The van der Waals surface area contributed by atoms with Gasteiger partial charge in [-0.25, -0.2) is 0 Å². The molecule has 1 aromatic heterocycles. The van der Waals surface area contributed by atoms with Crippen molar-refractivity contribution in [1.29, 1.82) is 0 Å². The van der Waals surface area contributed by atoms with Crippen molar-refractivity contribution in [3.63, 3.8) is 0 Å². The van der Waals surface area contributed by atoms with Crippen LogP contribution in [0.25, 0.3) is 0 Å². The number of hydrogen-bond acceptors (Lipinski definition) is 12. The van der Waals surface area contributed by atoms with E-state index in [2.05, 4.69) is 57.3 Å². The van der Waals surface area contributed by atoms with Crippen LogP contribution in [-0.2, 0) is 57.9 Å². The number of nitrogens with one attached hydrogen (secondary N) is 5. The summed E-state index contributed by atoms with van der Waals surface area (Å²) in [6.45, 7) is 13.7. The van der Waals surface area contributed by atoms with Crippen molar-refractivity contribution in [1.82, 2.24) is 41.4 Å². The van der Waals surface area contributed by atoms with Crippen LogP contribution < -0.4 is 31.7 Å². The summed E-state index contributed by atoms with van der Waals surface area (Å²) in [5.41, 5.74) is 6.87. The SMILES string of the molecule is CCN(CCCC[C@H](NC(=O)[C@@H](CC(=O)[C@H](C)NC(=O)[C@@H](CC(=O)CC(C)C)Cc1ccccc1)CC1CCCCC1)C(=O)C[C@@H](CO)C(=O)NCCC(=O)N(CC(N)=O)Cc1c[n+](CCCNC)[nH]n1)C(C)C. The van der Waals surface area contributed by atoms with Gasteiger partial charge in [0.15, 0.2) is 17.8 Å². The van der Waals surface area contributed by atoms with Crippen molar-refractivity contribution in [2.45, 2.75) is 175 Å². The Bertz CT molecular complexity index is 2060. The monoisotopic (exact) mass is 1040 g/mol. The van der Waals surface area contributed by atoms with Crippen LogP contribution in [0, 0.1) is 29.6 Å². The Morgan fingerprint density at radius 2 is 1.51 bits per heavy atom. The van der Waals surface area contributed by atoms with E-state index in [9.17, 15) is 43.5 Å². The van der Waals surface area contributed by atoms with Crippen molar-refractivity contribution in [2.75, 3.05) is 46.4 Å². The van der Waals surface area contributed by atoms with Crippen LogP contribution >= 0.6 is 0 Å². The second-order valence-electron chi connectivity index (χ2n) is 21.1. The Balaban J connectivity index is 1.76. The van der Waals surface area contributed by atoms with Crippen molar-refractivity contribution < 1.29 is 48.1 Å². The van der Waals surface area contributed by atoms with Gasteiger partial charge < -0.3 is 41.9 Å². The van der Waals surface area contributed by atoms with Gasteiger partial charge in [-0.05, 0) is 103 Å². The summed E-state index contributed by atoms with van der Waals surface area (Å²) in [7, 11) is 1.86. The molecule has 74 heavy (non-hydrogen) atoms. The number of Topliss-reactive ketones (excluding diaryl/α,β-unsaturated/α-hetero) is 3. The molecule has 1 aliphatic rings. The van der Waals surface area contributed by atoms with Gasteiger partial charge in [-0.3, -0.25) is 38.4 Å². The molecule has 0 radical (unpaired) electrons. The summed E-state index contributed by atoms with van der Waals surface area (Å²) in [6.07, 6.45) is 9.47. The molecule has 0 aliphatic heterocycles. The first kappa shape index (κ1) is 62.9. The standard InChI is InChI=1S/C55H90N10O9/c1-8-63(39(4)5)26-16-15-22-48(50(69)33-45(37-66)53(72)58-25-23-52(71)64(36-51(56)70)34-46-35-65(62-61-46)27-17-24-57-7)60-55(74)44(30-42-20-13-10-14-21-42)32-49(68)40(6)59-54(73)43(31-47(67)28-38(2)3)29-41-18-11-9-12-19-41/h9,11-12,18-19,35,38-40,42-45,48,57,66H,8,10,13-17,20-34,36-37H2,1-7H3,(H5,56,58,59,60,70,72,73,74)/p+1/t40-,43+,44+,45-,48-/m0/s1. The highest BCUT2D eigenvalue weighted by Crippen LogP contribution is 2.31. The Morgan fingerprint density at radius 1 is 0.824 bits per heavy atom. The fourth-order valence-corrected chi connectivity index (χ4v) is 9.78. The van der Waals surface area contributed by atoms with E-state index in [1.54, 1.807) is 17.8 Å². The minimum atomic E-state index is -1.19. The molecule has 19 nitrogen and oxygen atoms in total. The molecule has 1 aliphatic carbocycles. The fraction of sp³-hybridized carbons (Fsp3) is 0.709. The molecule has 1 heterocycles. The number of aryl methyl sites for hydroxylation is 1. The lowest BCUT2D eigenvalue weighted by Gasteiger charge is -2.29. The number of rotatable bonds is 38. The number of aliphatic hydroxyl groups excluding tert-OH is 1. The number of hydrogen-bond donors (Lipinski definition) is 7. The van der Waals surface area contributed by atoms with Crippen molar-refractivity contribution in [3.8, 4) is 0 Å². The normalized spacial score (nSPS) is 15.0. The summed E-state index contributed by atoms with van der Waals surface area (Å²) in [6, 6.07) is 7.79. The van der Waals surface area contributed by atoms with Crippen LogP contribution in [0.4, 0.5) is 0 Å². The predicted octanol–water partition coefficient (Wildman–Crippen LogP) is 3.49. The average molecular weight is 1040 g/mol. The molecule has 0 saturated heterocycles. The van der Waals surface area contributed by atoms with Crippen LogP contribution in [0.1, 0.15) is 149 Å². The van der Waals surface area contributed by atoms with E-state index >= 15 is 0 Å². The molecule has 2 aromatic rings. The third-order valence-electron chi connectivity index (χ3n) is 14.0. The highest BCUT2D eigenvalue weighted by atomic mass is 16.3. The van der Waals surface area contributed by atoms with Crippen molar-refractivity contribution >= 4 is 46.9 Å². The first-order valence-corrected chi connectivity index (χ1v) is 27.3. The lowest BCUT2D eigenvalue weighted by atomic mass is 9.80. The number of aromatic amines is 1. The third-order valence-corrected chi connectivity index (χ3v) is 14.0. The number of carbonyl (C=O) groups excluding carboxylic acids is 8. The first-order valence-electron chi connectivity index (χ1n) is 27.3. The lowest BCUT2D eigenvalue weighted by Crippen LogP contribution is -2.47. The van der Waals surface area contributed by atoms with Gasteiger partial charge in [-0.2, -0.15) is 4.68 Å². The van der Waals surface area contributed by atoms with E-state index in [1.807, 2.05) is 51.2 Å². The third kappa shape index (κ3) is 23.9. The van der Waals surface area contributed by atoms with Gasteiger partial charge >= 0.3 is 0 Å². The van der Waals surface area contributed by atoms with Crippen LogP contribution in [0.2, 0.25) is 0 Å². The number of H-pyrrole nitrogens is 1. The maximum atomic E-state index is 14.5. The maximum Gasteiger partial charge on any atom is 0.237 e. The molecule has 1 saturated carbocycles. The second-order valence-corrected chi connectivity index (χ2v) is 21.1. The van der Waals surface area contributed by atoms with Crippen LogP contribution in [0.15, 0.2) is 36.5 Å². The molecule has 1 fully saturated rings. The van der Waals surface area contributed by atoms with Crippen molar-refractivity contribution in [2.24, 2.45) is 35.3 Å². The zero-order valence-corrected chi connectivity index (χ0v) is 45.6. The fourth-order valence-electron chi connectivity index (χ4n) is 9.78. The second kappa shape index (κ2) is 34.2. The number of amides is 5. The van der Waals surface area contributed by atoms with Gasteiger partial charge in [0.2, 0.25) is 35.2 Å². The first-order chi connectivity index (χ1) is 35.3. The number of aromatic nitrogens is 3. The summed E-state index contributed by atoms with van der Waals surface area (Å²) in [5, 5.41) is 29.1. The number of primary amides is 1. The number of unbranched alkanes of at least 4 members (excludes halogenated alkanes) is 1. The molecule has 0 unspecified atom stereocenters. The van der Waals surface area contributed by atoms with Gasteiger partial charge in [0.1, 0.15) is 12.3 Å². The van der Waals surface area contributed by atoms with E-state index in [4.69, 9.17) is 5.73 Å². The van der Waals surface area contributed by atoms with E-state index in [1.165, 1.54) is 4.90 Å². The van der Waals surface area contributed by atoms with Crippen LogP contribution in [0.3, 0.4) is 0 Å². The zero-order valence-electron chi connectivity index (χ0n) is 45.6. The molecule has 0 bridgehead atoms. The highest BCUT2D eigenvalue weighted by Gasteiger charge is 2.34. The number of aliphatic hydroxyl groups is 1. The smallest absolute Gasteiger partial charge is 0.237 e. The Labute approximate surface area is 440 Å². The molecule has 414 valence electrons. The van der Waals surface area contributed by atoms with E-state index in [0.29, 0.717) is 44.0 Å². The largest absolute Gasteiger partial charge is 0.396 e. The molecule has 3 rings (SSSR count). The van der Waals surface area contributed by atoms with Crippen molar-refractivity contribution in [3.05, 3.63) is 47.8 Å². The van der Waals surface area contributed by atoms with E-state index < -0.39 is 78.2 Å². The molecule has 19 heteroatoms. The van der Waals surface area contributed by atoms with Gasteiger partial charge in [0.25, 0.3) is 0 Å². The summed E-state index contributed by atoms with van der Waals surface area (Å²) >= 11 is 0. The minimum absolute atomic E-state index is 0.00277. The highest BCUT2D eigenvalue weighted by molar-refractivity contribution is 5.96. The molecular formula is C55H91N10O9+. The number of nitrogens with zero attached hydrogens (tertiary/aromatic N) is 4. The Hall–Kier alpha value is -5.40. The topological polar surface area (TPSA) is 270 Å². The number of nitrogens with two attached hydrogens (primary N) is 1. The molecule has 8 N–H and O–H groups in total. The molecule has 1 aromatic carbocycles. The summed E-state index contributed by atoms with van der Waals surface area (Å²) in [5.74, 6) is -5.87. The number of benzene rings is 1. The molecule has 5 amide bonds. The van der Waals surface area contributed by atoms with Gasteiger partial charge in [0.05, 0.1) is 37.7 Å². The Morgan fingerprint density at radius 3 is 2.15 bits per heavy atom. The molecular weight excluding hydrogens is 945 g/mol. The number of ketones is 3. The predicted molar refractivity (Wildman–Crippen MR) is 283 cm³/mol. The van der Waals surface area contributed by atoms with Gasteiger partial charge in [-0.15, -0.1) is 0 Å². The molecule has 5 atom stereocenters. The Kier molecular flexibility index (Phi) is 29.1. The zero-order chi connectivity index (χ0) is 54.6. The minimum Gasteiger partial charge on any atom is -0.396 e. The summed E-state index contributed by atoms with van der Waals surface area (Å²) < 4.78 is 1.77. The average Bonchev–Trinajstić information content (AvgIpc) is 3.81. The van der Waals surface area contributed by atoms with E-state index in [-0.39, 0.29) is 68.7 Å². The summed E-state index contributed by atoms with van der Waals surface area (Å²) in [4.78, 5) is 112. The lowest BCUT2D eigenvalue weighted by molar-refractivity contribution is -0.753. The van der Waals surface area contributed by atoms with Gasteiger partial charge in [-0.1, -0.05) is 88.4 Å². The van der Waals surface area contributed by atoms with E-state index in [0.717, 1.165) is 70.1 Å². The van der Waals surface area contributed by atoms with Gasteiger partial charge in [0, 0.05) is 61.6 Å². The maximum absolute atomic E-state index is 14.5. The van der Waals surface area contributed by atoms with Crippen LogP contribution in [-0.4, -0.2) is 137 Å². The number of carbonyl (C=O) groups is 8.